The molecule has 1 spiro atoms. The smallest absolute Gasteiger partial charge is 0.272 e. The van der Waals surface area contributed by atoms with E-state index in [-0.39, 0.29) is 17.2 Å². The molecule has 0 radical (unpaired) electrons. The van der Waals surface area contributed by atoms with Crippen molar-refractivity contribution >= 4 is 5.91 Å². The van der Waals surface area contributed by atoms with Crippen molar-refractivity contribution < 1.29 is 4.79 Å². The van der Waals surface area contributed by atoms with Crippen LogP contribution in [0, 0.1) is 12.3 Å². The predicted molar refractivity (Wildman–Crippen MR) is 119 cm³/mol. The second kappa shape index (κ2) is 7.27. The summed E-state index contributed by atoms with van der Waals surface area (Å²) in [5, 5.41) is 12.1. The van der Waals surface area contributed by atoms with Crippen molar-refractivity contribution in [3.63, 3.8) is 0 Å². The highest BCUT2D eigenvalue weighted by atomic mass is 16.2. The molecule has 8 nitrogen and oxygen atoms in total. The molecule has 3 fully saturated rings. The number of hydrogen-bond donors (Lipinski definition) is 1. The number of aryl methyl sites for hydroxylation is 2. The van der Waals surface area contributed by atoms with Crippen LogP contribution < -0.4 is 0 Å². The molecule has 32 heavy (non-hydrogen) atoms. The van der Waals surface area contributed by atoms with E-state index in [9.17, 15) is 4.79 Å². The molecular weight excluding hydrogens is 402 g/mol. The van der Waals surface area contributed by atoms with Crippen molar-refractivity contribution in [1.82, 2.24) is 34.8 Å². The highest BCUT2D eigenvalue weighted by Gasteiger charge is 2.57. The Balaban J connectivity index is 1.24. The van der Waals surface area contributed by atoms with Gasteiger partial charge in [0.25, 0.3) is 5.91 Å². The Bertz CT molecular complexity index is 1140. The minimum atomic E-state index is 0.0123. The monoisotopic (exact) mass is 431 g/mol. The molecule has 4 heterocycles. The van der Waals surface area contributed by atoms with E-state index >= 15 is 0 Å². The van der Waals surface area contributed by atoms with Crippen LogP contribution in [-0.4, -0.2) is 66.8 Å². The lowest BCUT2D eigenvalue weighted by atomic mass is 9.71. The summed E-state index contributed by atoms with van der Waals surface area (Å²) in [7, 11) is 1.84. The van der Waals surface area contributed by atoms with Gasteiger partial charge in [-0.05, 0) is 31.4 Å². The molecule has 166 valence electrons. The van der Waals surface area contributed by atoms with E-state index in [1.54, 1.807) is 4.68 Å². The van der Waals surface area contributed by atoms with Crippen molar-refractivity contribution in [2.75, 3.05) is 26.2 Å². The van der Waals surface area contributed by atoms with Crippen LogP contribution in [0.2, 0.25) is 0 Å². The van der Waals surface area contributed by atoms with Gasteiger partial charge in [0.15, 0.2) is 5.82 Å². The van der Waals surface area contributed by atoms with Crippen molar-refractivity contribution in [2.24, 2.45) is 12.5 Å². The Morgan fingerprint density at radius 3 is 2.66 bits per heavy atom. The topological polar surface area (TPSA) is 82.9 Å². The van der Waals surface area contributed by atoms with Gasteiger partial charge in [-0.15, -0.1) is 0 Å². The standard InChI is InChI=1S/C24H29N7O/c1-16-10-20(29(2)28-16)23(32)31-14-24(15-31)13-30(11-17-6-4-3-5-7-17)12-19(24)22-25-21(26-27-22)18-8-9-18/h3-7,10,18-19H,8-9,11-15H2,1-2H3,(H,25,26,27). The molecule has 3 aliphatic rings. The lowest BCUT2D eigenvalue weighted by Gasteiger charge is -2.50. The number of H-pyrrole nitrogens is 1. The van der Waals surface area contributed by atoms with Crippen LogP contribution in [0.15, 0.2) is 36.4 Å². The number of hydrogen-bond acceptors (Lipinski definition) is 5. The Labute approximate surface area is 187 Å². The second-order valence-electron chi connectivity index (χ2n) is 9.88. The maximum atomic E-state index is 13.1. The predicted octanol–water partition coefficient (Wildman–Crippen LogP) is 2.47. The molecule has 1 saturated carbocycles. The van der Waals surface area contributed by atoms with Gasteiger partial charge in [0, 0.05) is 57.0 Å². The minimum Gasteiger partial charge on any atom is -0.336 e. The van der Waals surface area contributed by atoms with Gasteiger partial charge in [0.05, 0.1) is 5.69 Å². The Kier molecular flexibility index (Phi) is 4.47. The molecule has 1 amide bonds. The van der Waals surface area contributed by atoms with E-state index in [0.717, 1.165) is 50.1 Å². The number of likely N-dealkylation sites (tertiary alicyclic amines) is 2. The lowest BCUT2D eigenvalue weighted by molar-refractivity contribution is 0.00101. The number of aromatic amines is 1. The van der Waals surface area contributed by atoms with Crippen LogP contribution in [0.3, 0.4) is 0 Å². The fourth-order valence-corrected chi connectivity index (χ4v) is 5.53. The third kappa shape index (κ3) is 3.33. The summed E-state index contributed by atoms with van der Waals surface area (Å²) in [6.45, 7) is 6.21. The third-order valence-electron chi connectivity index (χ3n) is 7.28. The van der Waals surface area contributed by atoms with Crippen LogP contribution in [0.1, 0.15) is 58.1 Å². The number of benzene rings is 1. The molecule has 6 rings (SSSR count). The number of carbonyl (C=O) groups is 1. The summed E-state index contributed by atoms with van der Waals surface area (Å²) in [6, 6.07) is 12.5. The van der Waals surface area contributed by atoms with Crippen LogP contribution in [0.4, 0.5) is 0 Å². The summed E-state index contributed by atoms with van der Waals surface area (Å²) in [5.74, 6) is 2.81. The first kappa shape index (κ1) is 19.7. The van der Waals surface area contributed by atoms with E-state index in [1.165, 1.54) is 18.4 Å². The van der Waals surface area contributed by atoms with E-state index in [1.807, 2.05) is 24.9 Å². The minimum absolute atomic E-state index is 0.0123. The number of amides is 1. The number of rotatable bonds is 5. The number of nitrogens with one attached hydrogen (secondary N) is 1. The normalized spacial score (nSPS) is 22.4. The summed E-state index contributed by atoms with van der Waals surface area (Å²) in [6.07, 6.45) is 2.39. The van der Waals surface area contributed by atoms with Crippen LogP contribution >= 0.6 is 0 Å². The van der Waals surface area contributed by atoms with Crippen molar-refractivity contribution in [3.8, 4) is 0 Å². The third-order valence-corrected chi connectivity index (χ3v) is 7.28. The van der Waals surface area contributed by atoms with E-state index in [0.29, 0.717) is 11.6 Å². The molecule has 3 aromatic rings. The van der Waals surface area contributed by atoms with Crippen LogP contribution in [0.25, 0.3) is 0 Å². The SMILES string of the molecule is Cc1cc(C(=O)N2CC3(CN(Cc4ccccc4)CC3c3nc(C4CC4)n[nH]3)C2)n(C)n1. The van der Waals surface area contributed by atoms with Gasteiger partial charge in [-0.3, -0.25) is 19.5 Å². The largest absolute Gasteiger partial charge is 0.336 e. The van der Waals surface area contributed by atoms with Gasteiger partial charge in [-0.1, -0.05) is 30.3 Å². The molecular formula is C24H29N7O. The van der Waals surface area contributed by atoms with Crippen LogP contribution in [0.5, 0.6) is 0 Å². The van der Waals surface area contributed by atoms with Crippen molar-refractivity contribution in [1.29, 1.82) is 0 Å². The van der Waals surface area contributed by atoms with E-state index < -0.39 is 0 Å². The zero-order valence-corrected chi connectivity index (χ0v) is 18.7. The molecule has 2 saturated heterocycles. The molecule has 1 atom stereocenters. The molecule has 2 aliphatic heterocycles. The molecule has 1 N–H and O–H groups in total. The molecule has 1 aromatic carbocycles. The van der Waals surface area contributed by atoms with E-state index in [4.69, 9.17) is 4.98 Å². The zero-order chi connectivity index (χ0) is 21.9. The summed E-state index contributed by atoms with van der Waals surface area (Å²) in [4.78, 5) is 22.5. The highest BCUT2D eigenvalue weighted by molar-refractivity contribution is 5.93. The van der Waals surface area contributed by atoms with E-state index in [2.05, 4.69) is 50.5 Å². The average Bonchev–Trinajstić information content (AvgIpc) is 3.21. The highest BCUT2D eigenvalue weighted by Crippen LogP contribution is 2.49. The van der Waals surface area contributed by atoms with Gasteiger partial charge < -0.3 is 4.90 Å². The van der Waals surface area contributed by atoms with Gasteiger partial charge in [0.2, 0.25) is 0 Å². The molecule has 0 bridgehead atoms. The summed E-state index contributed by atoms with van der Waals surface area (Å²) >= 11 is 0. The first-order valence-corrected chi connectivity index (χ1v) is 11.5. The fourth-order valence-electron chi connectivity index (χ4n) is 5.53. The van der Waals surface area contributed by atoms with Crippen LogP contribution in [-0.2, 0) is 13.6 Å². The van der Waals surface area contributed by atoms with Crippen molar-refractivity contribution in [3.05, 3.63) is 65.0 Å². The van der Waals surface area contributed by atoms with Gasteiger partial charge >= 0.3 is 0 Å². The second-order valence-corrected chi connectivity index (χ2v) is 9.88. The maximum Gasteiger partial charge on any atom is 0.272 e. The van der Waals surface area contributed by atoms with Gasteiger partial charge in [-0.25, -0.2) is 4.98 Å². The maximum absolute atomic E-state index is 13.1. The quantitative estimate of drug-likeness (QED) is 0.671. The van der Waals surface area contributed by atoms with Gasteiger partial charge in [-0.2, -0.15) is 10.2 Å². The number of carbonyl (C=O) groups excluding carboxylic acids is 1. The average molecular weight is 432 g/mol. The number of nitrogens with zero attached hydrogens (tertiary/aromatic N) is 6. The summed E-state index contributed by atoms with van der Waals surface area (Å²) in [5.41, 5.74) is 2.85. The number of aromatic nitrogens is 5. The molecule has 2 aromatic heterocycles. The zero-order valence-electron chi connectivity index (χ0n) is 18.7. The Hall–Kier alpha value is -3.00. The fraction of sp³-hybridized carbons (Fsp3) is 0.500. The first-order valence-electron chi connectivity index (χ1n) is 11.5. The Morgan fingerprint density at radius 1 is 1.19 bits per heavy atom. The molecule has 1 aliphatic carbocycles. The summed E-state index contributed by atoms with van der Waals surface area (Å²) < 4.78 is 1.69. The molecule has 1 unspecified atom stereocenters. The lowest BCUT2D eigenvalue weighted by Crippen LogP contribution is -2.61. The molecule has 8 heteroatoms. The van der Waals surface area contributed by atoms with Gasteiger partial charge in [0.1, 0.15) is 11.5 Å². The first-order chi connectivity index (χ1) is 15.5. The Morgan fingerprint density at radius 2 is 1.97 bits per heavy atom. The van der Waals surface area contributed by atoms with Crippen molar-refractivity contribution in [2.45, 2.75) is 38.1 Å².